The minimum absolute atomic E-state index is 0.166. The summed E-state index contributed by atoms with van der Waals surface area (Å²) in [6.45, 7) is 12.0. The minimum Gasteiger partial charge on any atom is -0.459 e. The van der Waals surface area contributed by atoms with Crippen LogP contribution in [0.25, 0.3) is 0 Å². The number of nitrogens with zero attached hydrogens (tertiary/aromatic N) is 3. The molecular weight excluding hydrogens is 378 g/mol. The van der Waals surface area contributed by atoms with E-state index in [2.05, 4.69) is 58.5 Å². The highest BCUT2D eigenvalue weighted by Crippen LogP contribution is 2.17. The van der Waals surface area contributed by atoms with Crippen LogP contribution in [0.5, 0.6) is 0 Å². The molecule has 1 fully saturated rings. The van der Waals surface area contributed by atoms with Gasteiger partial charge in [-0.2, -0.15) is 0 Å². The number of hydrogen-bond acceptors (Lipinski definition) is 4. The van der Waals surface area contributed by atoms with Crippen molar-refractivity contribution in [2.45, 2.75) is 27.2 Å². The van der Waals surface area contributed by atoms with Crippen LogP contribution in [0.2, 0.25) is 0 Å². The number of nitrogens with one attached hydrogen (secondary N) is 2. The number of rotatable bonds is 7. The smallest absolute Gasteiger partial charge is 0.287 e. The predicted molar refractivity (Wildman–Crippen MR) is 121 cm³/mol. The van der Waals surface area contributed by atoms with Crippen molar-refractivity contribution in [3.8, 4) is 0 Å². The van der Waals surface area contributed by atoms with Crippen molar-refractivity contribution < 1.29 is 9.21 Å². The molecule has 30 heavy (non-hydrogen) atoms. The molecule has 1 aliphatic rings. The lowest BCUT2D eigenvalue weighted by molar-refractivity contribution is 0.0925. The van der Waals surface area contributed by atoms with Crippen LogP contribution in [0.1, 0.15) is 35.0 Å². The number of hydrogen-bond donors (Lipinski definition) is 2. The van der Waals surface area contributed by atoms with Crippen molar-refractivity contribution in [1.29, 1.82) is 0 Å². The number of anilines is 1. The van der Waals surface area contributed by atoms with Crippen LogP contribution in [0.15, 0.2) is 46.0 Å². The van der Waals surface area contributed by atoms with E-state index >= 15 is 0 Å². The standard InChI is InChI=1S/C23H33N5O2/c1-4-24-23(26-11-6-10-25-22(29)21-19(3)9-16-30-21)28-14-12-27(13-15-28)20-8-5-7-18(2)17-20/h5,7-9,16-17H,4,6,10-15H2,1-3H3,(H,24,26)(H,25,29). The van der Waals surface area contributed by atoms with E-state index in [1.54, 1.807) is 6.07 Å². The van der Waals surface area contributed by atoms with Gasteiger partial charge in [0, 0.05) is 57.1 Å². The summed E-state index contributed by atoms with van der Waals surface area (Å²) in [5.41, 5.74) is 3.43. The minimum atomic E-state index is -0.166. The lowest BCUT2D eigenvalue weighted by Crippen LogP contribution is -2.52. The maximum absolute atomic E-state index is 12.1. The SMILES string of the molecule is CCNC(=NCCCNC(=O)c1occc1C)N1CCN(c2cccc(C)c2)CC1. The first-order valence-electron chi connectivity index (χ1n) is 10.8. The van der Waals surface area contributed by atoms with Crippen LogP contribution in [-0.4, -0.2) is 62.6 Å². The summed E-state index contributed by atoms with van der Waals surface area (Å²) < 4.78 is 5.22. The summed E-state index contributed by atoms with van der Waals surface area (Å²) in [5.74, 6) is 1.17. The molecule has 1 aliphatic heterocycles. The molecule has 7 heteroatoms. The van der Waals surface area contributed by atoms with E-state index in [9.17, 15) is 4.79 Å². The number of carbonyl (C=O) groups excluding carboxylic acids is 1. The molecule has 7 nitrogen and oxygen atoms in total. The van der Waals surface area contributed by atoms with E-state index in [1.807, 2.05) is 6.92 Å². The molecule has 2 aromatic rings. The molecule has 0 atom stereocenters. The van der Waals surface area contributed by atoms with E-state index in [1.165, 1.54) is 17.5 Å². The fraction of sp³-hybridized carbons (Fsp3) is 0.478. The summed E-state index contributed by atoms with van der Waals surface area (Å²) in [7, 11) is 0. The molecule has 0 bridgehead atoms. The van der Waals surface area contributed by atoms with Gasteiger partial charge in [-0.3, -0.25) is 9.79 Å². The van der Waals surface area contributed by atoms with Gasteiger partial charge in [-0.25, -0.2) is 0 Å². The van der Waals surface area contributed by atoms with Gasteiger partial charge in [-0.05, 0) is 51.0 Å². The van der Waals surface area contributed by atoms with E-state index in [4.69, 9.17) is 9.41 Å². The number of amides is 1. The van der Waals surface area contributed by atoms with Crippen LogP contribution in [-0.2, 0) is 0 Å². The lowest BCUT2D eigenvalue weighted by atomic mass is 10.2. The van der Waals surface area contributed by atoms with Crippen LogP contribution >= 0.6 is 0 Å². The molecule has 0 saturated carbocycles. The van der Waals surface area contributed by atoms with E-state index in [0.717, 1.165) is 50.7 Å². The predicted octanol–water partition coefficient (Wildman–Crippen LogP) is 2.80. The average molecular weight is 412 g/mol. The van der Waals surface area contributed by atoms with Crippen LogP contribution in [0.3, 0.4) is 0 Å². The van der Waals surface area contributed by atoms with E-state index in [0.29, 0.717) is 18.8 Å². The number of furan rings is 1. The van der Waals surface area contributed by atoms with Crippen LogP contribution in [0.4, 0.5) is 5.69 Å². The van der Waals surface area contributed by atoms with Gasteiger partial charge in [0.15, 0.2) is 11.7 Å². The molecule has 1 aromatic carbocycles. The Kier molecular flexibility index (Phi) is 7.76. The molecule has 1 amide bonds. The van der Waals surface area contributed by atoms with Gasteiger partial charge in [0.2, 0.25) is 0 Å². The molecule has 0 radical (unpaired) electrons. The second kappa shape index (κ2) is 10.7. The maximum Gasteiger partial charge on any atom is 0.287 e. The molecule has 0 aliphatic carbocycles. The van der Waals surface area contributed by atoms with Gasteiger partial charge in [-0.15, -0.1) is 0 Å². The fourth-order valence-electron chi connectivity index (χ4n) is 3.58. The van der Waals surface area contributed by atoms with Crippen LogP contribution in [0, 0.1) is 13.8 Å². The molecule has 0 spiro atoms. The maximum atomic E-state index is 12.1. The number of benzene rings is 1. The van der Waals surface area contributed by atoms with Crippen molar-refractivity contribution in [2.75, 3.05) is 50.7 Å². The molecular formula is C23H33N5O2. The molecule has 3 rings (SSSR count). The zero-order valence-corrected chi connectivity index (χ0v) is 18.3. The number of aryl methyl sites for hydroxylation is 2. The normalized spacial score (nSPS) is 14.7. The fourth-order valence-corrected chi connectivity index (χ4v) is 3.58. The number of guanidine groups is 1. The zero-order chi connectivity index (χ0) is 21.3. The highest BCUT2D eigenvalue weighted by Gasteiger charge is 2.20. The topological polar surface area (TPSA) is 73.1 Å². The quantitative estimate of drug-likeness (QED) is 0.416. The van der Waals surface area contributed by atoms with Gasteiger partial charge < -0.3 is 24.9 Å². The first kappa shape index (κ1) is 21.7. The highest BCUT2D eigenvalue weighted by molar-refractivity contribution is 5.92. The monoisotopic (exact) mass is 411 g/mol. The Bertz CT molecular complexity index is 853. The summed E-state index contributed by atoms with van der Waals surface area (Å²) >= 11 is 0. The van der Waals surface area contributed by atoms with Gasteiger partial charge in [0.25, 0.3) is 5.91 Å². The number of piperazine rings is 1. The third-order valence-electron chi connectivity index (χ3n) is 5.23. The summed E-state index contributed by atoms with van der Waals surface area (Å²) in [5, 5.41) is 6.30. The Balaban J connectivity index is 1.45. The second-order valence-electron chi connectivity index (χ2n) is 7.59. The second-order valence-corrected chi connectivity index (χ2v) is 7.59. The van der Waals surface area contributed by atoms with Gasteiger partial charge in [0.05, 0.1) is 6.26 Å². The third-order valence-corrected chi connectivity index (χ3v) is 5.23. The first-order valence-corrected chi connectivity index (χ1v) is 10.8. The third kappa shape index (κ3) is 5.78. The average Bonchev–Trinajstić information content (AvgIpc) is 3.19. The summed E-state index contributed by atoms with van der Waals surface area (Å²) in [6.07, 6.45) is 2.32. The van der Waals surface area contributed by atoms with Crippen molar-refractivity contribution in [3.05, 3.63) is 53.5 Å². The Morgan fingerprint density at radius 2 is 1.93 bits per heavy atom. The van der Waals surface area contributed by atoms with E-state index < -0.39 is 0 Å². The van der Waals surface area contributed by atoms with Crippen molar-refractivity contribution in [3.63, 3.8) is 0 Å². The Morgan fingerprint density at radius 3 is 2.60 bits per heavy atom. The summed E-state index contributed by atoms with van der Waals surface area (Å²) in [4.78, 5) is 21.6. The molecule has 2 heterocycles. The molecule has 1 saturated heterocycles. The first-order chi connectivity index (χ1) is 14.6. The molecule has 162 valence electrons. The van der Waals surface area contributed by atoms with Crippen molar-refractivity contribution in [2.24, 2.45) is 4.99 Å². The zero-order valence-electron chi connectivity index (χ0n) is 18.3. The van der Waals surface area contributed by atoms with Crippen LogP contribution < -0.4 is 15.5 Å². The van der Waals surface area contributed by atoms with Crippen molar-refractivity contribution in [1.82, 2.24) is 15.5 Å². The van der Waals surface area contributed by atoms with Gasteiger partial charge in [0.1, 0.15) is 0 Å². The largest absolute Gasteiger partial charge is 0.459 e. The number of aliphatic imine (C=N–C) groups is 1. The molecule has 2 N–H and O–H groups in total. The Hall–Kier alpha value is -2.96. The van der Waals surface area contributed by atoms with Crippen molar-refractivity contribution >= 4 is 17.6 Å². The van der Waals surface area contributed by atoms with Gasteiger partial charge >= 0.3 is 0 Å². The van der Waals surface area contributed by atoms with E-state index in [-0.39, 0.29) is 5.91 Å². The Labute approximate surface area is 179 Å². The molecule has 1 aromatic heterocycles. The highest BCUT2D eigenvalue weighted by atomic mass is 16.3. The lowest BCUT2D eigenvalue weighted by Gasteiger charge is -2.37. The van der Waals surface area contributed by atoms with Gasteiger partial charge in [-0.1, -0.05) is 12.1 Å². The molecule has 0 unspecified atom stereocenters. The number of carbonyl (C=O) groups is 1. The summed E-state index contributed by atoms with van der Waals surface area (Å²) in [6, 6.07) is 10.5. The Morgan fingerprint density at radius 1 is 1.13 bits per heavy atom.